The number of anilines is 1. The molecular weight excluding hydrogens is 288 g/mol. The lowest BCUT2D eigenvalue weighted by molar-refractivity contribution is -0.0542. The summed E-state index contributed by atoms with van der Waals surface area (Å²) in [4.78, 5) is 15.2. The molecule has 0 saturated carbocycles. The van der Waals surface area contributed by atoms with Crippen LogP contribution in [0, 0.1) is 11.8 Å². The summed E-state index contributed by atoms with van der Waals surface area (Å²) in [7, 11) is 0. The number of aromatic nitrogens is 2. The van der Waals surface area contributed by atoms with Crippen LogP contribution in [0.4, 0.5) is 14.6 Å². The summed E-state index contributed by atoms with van der Waals surface area (Å²) < 4.78 is 47.2. The maximum Gasteiger partial charge on any atom is 0.351 e. The van der Waals surface area contributed by atoms with Crippen LogP contribution in [0.3, 0.4) is 0 Å². The molecule has 4 atom stereocenters. The van der Waals surface area contributed by atoms with E-state index in [9.17, 15) is 19.4 Å². The van der Waals surface area contributed by atoms with E-state index in [4.69, 9.17) is 13.2 Å². The number of hydrogen-bond acceptors (Lipinski definition) is 6. The fourth-order valence-corrected chi connectivity index (χ4v) is 1.96. The van der Waals surface area contributed by atoms with Crippen molar-refractivity contribution in [3.8, 4) is 11.8 Å². The number of nitrogen functional groups attached to an aromatic ring is 1. The SMILES string of the molecule is [2H]C([2H])(O)[C@H]1O[C@@H](n2ccc(N)nc2=O)C(F)(C#CCF)[C@H]1O. The molecule has 1 fully saturated rings. The third kappa shape index (κ3) is 2.61. The van der Waals surface area contributed by atoms with Gasteiger partial charge in [-0.25, -0.2) is 13.6 Å². The lowest BCUT2D eigenvalue weighted by atomic mass is 9.96. The highest BCUT2D eigenvalue weighted by Crippen LogP contribution is 2.40. The average molecular weight is 303 g/mol. The zero-order chi connectivity index (χ0) is 17.4. The van der Waals surface area contributed by atoms with Gasteiger partial charge >= 0.3 is 5.69 Å². The highest BCUT2D eigenvalue weighted by Gasteiger charge is 2.57. The fraction of sp³-hybridized carbons (Fsp3) is 0.500. The molecule has 1 aliphatic heterocycles. The number of ether oxygens (including phenoxy) is 1. The topological polar surface area (TPSA) is 111 Å². The van der Waals surface area contributed by atoms with E-state index in [1.807, 2.05) is 0 Å². The van der Waals surface area contributed by atoms with Crippen LogP contribution in [0.1, 0.15) is 8.97 Å². The van der Waals surface area contributed by atoms with E-state index in [0.29, 0.717) is 4.57 Å². The molecule has 21 heavy (non-hydrogen) atoms. The second-order valence-electron chi connectivity index (χ2n) is 4.23. The molecule has 1 aliphatic rings. The van der Waals surface area contributed by atoms with Crippen LogP contribution in [0.2, 0.25) is 0 Å². The molecule has 2 heterocycles. The molecule has 0 bridgehead atoms. The molecule has 2 rings (SSSR count). The number of nitrogens with two attached hydrogens (primary N) is 1. The molecule has 1 aromatic rings. The van der Waals surface area contributed by atoms with Gasteiger partial charge in [0.1, 0.15) is 24.7 Å². The van der Waals surface area contributed by atoms with Crippen molar-refractivity contribution in [2.24, 2.45) is 0 Å². The Bertz CT molecular complexity index is 715. The zero-order valence-electron chi connectivity index (χ0n) is 12.5. The van der Waals surface area contributed by atoms with Crippen molar-refractivity contribution in [3.05, 3.63) is 22.7 Å². The summed E-state index contributed by atoms with van der Waals surface area (Å²) in [5.74, 6) is 3.40. The van der Waals surface area contributed by atoms with Crippen LogP contribution >= 0.6 is 0 Å². The van der Waals surface area contributed by atoms with Gasteiger partial charge in [-0.05, 0) is 6.07 Å². The van der Waals surface area contributed by atoms with Crippen LogP contribution in [0.5, 0.6) is 0 Å². The van der Waals surface area contributed by atoms with E-state index < -0.39 is 43.0 Å². The predicted octanol–water partition coefficient (Wildman–Crippen LogP) is -1.24. The summed E-state index contributed by atoms with van der Waals surface area (Å²) >= 11 is 0. The highest BCUT2D eigenvalue weighted by atomic mass is 19.1. The van der Waals surface area contributed by atoms with Gasteiger partial charge in [-0.15, -0.1) is 0 Å². The Balaban J connectivity index is 2.56. The van der Waals surface area contributed by atoms with Crippen molar-refractivity contribution in [1.82, 2.24) is 9.55 Å². The van der Waals surface area contributed by atoms with Crippen LogP contribution in [0.15, 0.2) is 17.1 Å². The first-order chi connectivity index (χ1) is 10.6. The van der Waals surface area contributed by atoms with Crippen molar-refractivity contribution < 1.29 is 26.5 Å². The van der Waals surface area contributed by atoms with Crippen LogP contribution in [0.25, 0.3) is 0 Å². The Morgan fingerprint density at radius 3 is 3.00 bits per heavy atom. The van der Waals surface area contributed by atoms with Crippen molar-refractivity contribution in [2.75, 3.05) is 19.0 Å². The molecule has 0 aliphatic carbocycles. The molecule has 0 spiro atoms. The van der Waals surface area contributed by atoms with Crippen LogP contribution in [-0.4, -0.2) is 50.9 Å². The van der Waals surface area contributed by atoms with Crippen molar-refractivity contribution in [3.63, 3.8) is 0 Å². The molecule has 1 unspecified atom stereocenters. The minimum Gasteiger partial charge on any atom is -0.394 e. The molecule has 114 valence electrons. The third-order valence-electron chi connectivity index (χ3n) is 2.93. The third-order valence-corrected chi connectivity index (χ3v) is 2.93. The first-order valence-electron chi connectivity index (χ1n) is 6.76. The summed E-state index contributed by atoms with van der Waals surface area (Å²) in [6.45, 7) is -4.37. The number of halogens is 2. The maximum atomic E-state index is 15.1. The molecule has 9 heteroatoms. The Morgan fingerprint density at radius 1 is 1.71 bits per heavy atom. The minimum atomic E-state index is -3.13. The second-order valence-corrected chi connectivity index (χ2v) is 4.23. The molecule has 1 saturated heterocycles. The molecule has 7 nitrogen and oxygen atoms in total. The number of aliphatic hydroxyl groups is 2. The number of nitrogens with zero attached hydrogens (tertiary/aromatic N) is 2. The normalized spacial score (nSPS) is 33.8. The Hall–Kier alpha value is -2.02. The van der Waals surface area contributed by atoms with E-state index >= 15 is 4.39 Å². The van der Waals surface area contributed by atoms with Gasteiger partial charge in [0.15, 0.2) is 6.23 Å². The second kappa shape index (κ2) is 5.77. The molecule has 0 amide bonds. The number of hydrogen-bond donors (Lipinski definition) is 3. The molecule has 4 N–H and O–H groups in total. The Labute approximate surface area is 120 Å². The van der Waals surface area contributed by atoms with Crippen molar-refractivity contribution >= 4 is 5.82 Å². The lowest BCUT2D eigenvalue weighted by Crippen LogP contribution is -2.44. The van der Waals surface area contributed by atoms with E-state index in [1.54, 1.807) is 11.8 Å². The Morgan fingerprint density at radius 2 is 2.43 bits per heavy atom. The lowest BCUT2D eigenvalue weighted by Gasteiger charge is -2.23. The summed E-state index contributed by atoms with van der Waals surface area (Å²) in [5.41, 5.74) is 1.21. The number of aliphatic hydroxyl groups excluding tert-OH is 1. The van der Waals surface area contributed by atoms with Gasteiger partial charge in [-0.1, -0.05) is 11.8 Å². The first kappa shape index (κ1) is 12.7. The molecule has 0 aromatic carbocycles. The van der Waals surface area contributed by atoms with E-state index in [1.165, 1.54) is 0 Å². The summed E-state index contributed by atoms with van der Waals surface area (Å²) in [6.07, 6.45) is -5.29. The van der Waals surface area contributed by atoms with Gasteiger partial charge in [0.2, 0.25) is 5.67 Å². The monoisotopic (exact) mass is 303 g/mol. The van der Waals surface area contributed by atoms with Gasteiger partial charge in [-0.3, -0.25) is 4.57 Å². The van der Waals surface area contributed by atoms with Crippen molar-refractivity contribution in [2.45, 2.75) is 24.1 Å². The van der Waals surface area contributed by atoms with Gasteiger partial charge in [0, 0.05) is 6.20 Å². The predicted molar refractivity (Wildman–Crippen MR) is 67.5 cm³/mol. The standard InChI is InChI=1S/C12H13F2N3O4/c13-4-1-3-12(14)9(19)7(6-18)21-10(12)17-5-2-8(15)16-11(17)20/h2,5,7,9-10,18-19H,4,6H2,(H2,15,16,20)/t7-,9+,10-,12?/m1/s1/i6D2. The fourth-order valence-electron chi connectivity index (χ4n) is 1.96. The van der Waals surface area contributed by atoms with Gasteiger partial charge in [-0.2, -0.15) is 4.98 Å². The van der Waals surface area contributed by atoms with E-state index in [0.717, 1.165) is 12.3 Å². The number of alkyl halides is 2. The summed E-state index contributed by atoms with van der Waals surface area (Å²) in [6, 6.07) is 1.14. The first-order valence-corrected chi connectivity index (χ1v) is 5.76. The van der Waals surface area contributed by atoms with E-state index in [2.05, 4.69) is 4.98 Å². The minimum absolute atomic E-state index is 0.155. The zero-order valence-corrected chi connectivity index (χ0v) is 10.5. The highest BCUT2D eigenvalue weighted by molar-refractivity contribution is 5.26. The largest absolute Gasteiger partial charge is 0.394 e. The quantitative estimate of drug-likeness (QED) is 0.589. The van der Waals surface area contributed by atoms with Crippen LogP contribution in [-0.2, 0) is 4.74 Å². The smallest absolute Gasteiger partial charge is 0.351 e. The van der Waals surface area contributed by atoms with Gasteiger partial charge in [0.25, 0.3) is 0 Å². The number of rotatable bonds is 2. The molecule has 0 radical (unpaired) electrons. The van der Waals surface area contributed by atoms with Gasteiger partial charge < -0.3 is 20.7 Å². The van der Waals surface area contributed by atoms with E-state index in [-0.39, 0.29) is 5.82 Å². The average Bonchev–Trinajstić information content (AvgIpc) is 2.70. The molecule has 1 aromatic heterocycles. The van der Waals surface area contributed by atoms with Crippen LogP contribution < -0.4 is 11.4 Å². The summed E-state index contributed by atoms with van der Waals surface area (Å²) in [5, 5.41) is 19.3. The van der Waals surface area contributed by atoms with Crippen molar-refractivity contribution in [1.29, 1.82) is 0 Å². The van der Waals surface area contributed by atoms with Gasteiger partial charge in [0.05, 0.1) is 9.30 Å². The maximum absolute atomic E-state index is 15.1. The Kier molecular flexibility index (Phi) is 3.49. The molecular formula is C12H13F2N3O4.